The maximum absolute atomic E-state index is 2.28. The van der Waals surface area contributed by atoms with Crippen LogP contribution in [-0.2, 0) is 21.1 Å². The molecule has 0 amide bonds. The first kappa shape index (κ1) is 38.9. The summed E-state index contributed by atoms with van der Waals surface area (Å²) in [7, 11) is 6.42. The summed E-state index contributed by atoms with van der Waals surface area (Å²) in [6.07, 6.45) is 0. The van der Waals surface area contributed by atoms with Gasteiger partial charge in [0.15, 0.2) is 17.1 Å². The summed E-state index contributed by atoms with van der Waals surface area (Å²) in [5, 5.41) is 0. The minimum atomic E-state index is 1.29. The molecule has 0 spiro atoms. The summed E-state index contributed by atoms with van der Waals surface area (Å²) in [6.45, 7) is 26.1. The van der Waals surface area contributed by atoms with Crippen molar-refractivity contribution in [3.8, 4) is 33.8 Å². The van der Waals surface area contributed by atoms with Gasteiger partial charge in [-0.15, -0.1) is 0 Å². The fourth-order valence-corrected chi connectivity index (χ4v) is 7.12. The second-order valence-electron chi connectivity index (χ2n) is 14.5. The van der Waals surface area contributed by atoms with E-state index in [1.165, 1.54) is 101 Å². The molecule has 6 rings (SSSR count). The van der Waals surface area contributed by atoms with E-state index in [1.54, 1.807) is 0 Å². The van der Waals surface area contributed by atoms with Gasteiger partial charge in [0, 0.05) is 61.7 Å². The first-order valence-corrected chi connectivity index (χ1v) is 18.1. The molecule has 0 aliphatic carbocycles. The molecule has 0 saturated carbocycles. The van der Waals surface area contributed by atoms with Gasteiger partial charge in [0.2, 0.25) is 17.1 Å². The largest absolute Gasteiger partial charge is 0.215 e. The number of pyridine rings is 3. The second kappa shape index (κ2) is 16.4. The topological polar surface area (TPSA) is 11.6 Å². The molecular formula is C48H60N3+3. The van der Waals surface area contributed by atoms with Gasteiger partial charge < -0.3 is 0 Å². The van der Waals surface area contributed by atoms with Crippen LogP contribution in [0.25, 0.3) is 33.8 Å². The quantitative estimate of drug-likeness (QED) is 0.165. The molecule has 3 nitrogen and oxygen atoms in total. The zero-order valence-electron chi connectivity index (χ0n) is 34.0. The third kappa shape index (κ3) is 8.53. The zero-order valence-corrected chi connectivity index (χ0v) is 34.0. The summed E-state index contributed by atoms with van der Waals surface area (Å²) in [5.74, 6) is 0. The molecule has 0 aliphatic rings. The fourth-order valence-electron chi connectivity index (χ4n) is 7.12. The van der Waals surface area contributed by atoms with Gasteiger partial charge in [0.05, 0.1) is 11.1 Å². The summed E-state index contributed by atoms with van der Waals surface area (Å²) in [5.41, 5.74) is 24.0. The van der Waals surface area contributed by atoms with E-state index in [9.17, 15) is 0 Å². The Morgan fingerprint density at radius 3 is 1.18 bits per heavy atom. The van der Waals surface area contributed by atoms with E-state index in [1.807, 2.05) is 0 Å². The highest BCUT2D eigenvalue weighted by atomic mass is 15.0. The molecule has 0 atom stereocenters. The highest BCUT2D eigenvalue weighted by Gasteiger charge is 2.21. The number of benzene rings is 3. The van der Waals surface area contributed by atoms with E-state index < -0.39 is 0 Å². The monoisotopic (exact) mass is 678 g/mol. The lowest BCUT2D eigenvalue weighted by Crippen LogP contribution is -2.35. The lowest BCUT2D eigenvalue weighted by Gasteiger charge is -2.11. The number of rotatable bonds is 3. The first-order chi connectivity index (χ1) is 24.0. The lowest BCUT2D eigenvalue weighted by molar-refractivity contribution is -0.667. The average Bonchev–Trinajstić information content (AvgIpc) is 3.07. The van der Waals surface area contributed by atoms with Crippen LogP contribution in [0.3, 0.4) is 0 Å². The molecule has 0 N–H and O–H groups in total. The molecule has 3 aromatic heterocycles. The van der Waals surface area contributed by atoms with E-state index in [2.05, 4.69) is 209 Å². The zero-order chi connectivity index (χ0) is 37.7. The Hall–Kier alpha value is -4.89. The highest BCUT2D eigenvalue weighted by molar-refractivity contribution is 5.69. The lowest BCUT2D eigenvalue weighted by atomic mass is 9.96. The van der Waals surface area contributed by atoms with Crippen LogP contribution in [-0.4, -0.2) is 0 Å². The number of hydrogen-bond donors (Lipinski definition) is 0. The van der Waals surface area contributed by atoms with Crippen LogP contribution in [0.4, 0.5) is 0 Å². The molecule has 0 bridgehead atoms. The summed E-state index contributed by atoms with van der Waals surface area (Å²) < 4.78 is 6.82. The maximum atomic E-state index is 2.28. The van der Waals surface area contributed by atoms with Gasteiger partial charge in [-0.05, 0) is 119 Å². The van der Waals surface area contributed by atoms with Gasteiger partial charge >= 0.3 is 0 Å². The number of nitrogens with zero attached hydrogens (tertiary/aromatic N) is 3. The van der Waals surface area contributed by atoms with Crippen molar-refractivity contribution in [2.24, 2.45) is 21.1 Å². The molecule has 0 unspecified atom stereocenters. The average molecular weight is 679 g/mol. The first-order valence-electron chi connectivity index (χ1n) is 18.1. The van der Waals surface area contributed by atoms with E-state index in [4.69, 9.17) is 0 Å². The van der Waals surface area contributed by atoms with Crippen molar-refractivity contribution in [2.75, 3.05) is 0 Å². The molecule has 0 aliphatic heterocycles. The van der Waals surface area contributed by atoms with Gasteiger partial charge in [0.1, 0.15) is 21.1 Å². The van der Waals surface area contributed by atoms with E-state index in [0.29, 0.717) is 0 Å². The number of hydrogen-bond acceptors (Lipinski definition) is 0. The van der Waals surface area contributed by atoms with E-state index in [0.717, 1.165) is 0 Å². The minimum absolute atomic E-state index is 1.29. The highest BCUT2D eigenvalue weighted by Crippen LogP contribution is 2.28. The summed E-state index contributed by atoms with van der Waals surface area (Å²) in [4.78, 5) is 0. The predicted molar refractivity (Wildman–Crippen MR) is 216 cm³/mol. The van der Waals surface area contributed by atoms with Crippen molar-refractivity contribution >= 4 is 0 Å². The van der Waals surface area contributed by atoms with E-state index in [-0.39, 0.29) is 0 Å². The fraction of sp³-hybridized carbons (Fsp3) is 0.312. The standard InChI is InChI=1S/3C16H20N/c1-11-9-13(3)17(5)16(10-11)15-8-6-7-12(2)14(15)4;2*1-11-7-6-8-12(2)15(11)16-13(3)9-10-14(4)17(16)5/h3*6-10H,1-5H3/q3*+1. The van der Waals surface area contributed by atoms with Crippen LogP contribution in [0.15, 0.2) is 91.0 Å². The van der Waals surface area contributed by atoms with Gasteiger partial charge in [-0.2, -0.15) is 13.7 Å². The molecule has 51 heavy (non-hydrogen) atoms. The van der Waals surface area contributed by atoms with Crippen molar-refractivity contribution in [3.05, 3.63) is 158 Å². The van der Waals surface area contributed by atoms with Crippen LogP contribution in [0, 0.1) is 83.1 Å². The maximum Gasteiger partial charge on any atom is 0.215 e. The van der Waals surface area contributed by atoms with Crippen LogP contribution in [0.5, 0.6) is 0 Å². The van der Waals surface area contributed by atoms with Crippen LogP contribution >= 0.6 is 0 Å². The molecule has 6 aromatic rings. The molecule has 3 heterocycles. The minimum Gasteiger partial charge on any atom is -0.199 e. The van der Waals surface area contributed by atoms with Crippen molar-refractivity contribution in [3.63, 3.8) is 0 Å². The SMILES string of the molecule is Cc1cc(C)[n+](C)c(-c2cccc(C)c2C)c1.Cc1cccc(C)c1-c1c(C)ccc(C)[n+]1C.Cc1cccc(C)c1-c1c(C)ccc(C)[n+]1C. The van der Waals surface area contributed by atoms with Crippen molar-refractivity contribution < 1.29 is 13.7 Å². The molecular weight excluding hydrogens is 619 g/mol. The second-order valence-corrected chi connectivity index (χ2v) is 14.5. The molecule has 264 valence electrons. The molecule has 3 aromatic carbocycles. The Bertz CT molecular complexity index is 2060. The summed E-state index contributed by atoms with van der Waals surface area (Å²) in [6, 6.07) is 32.7. The Morgan fingerprint density at radius 1 is 0.353 bits per heavy atom. The Kier molecular flexibility index (Phi) is 12.5. The number of aromatic nitrogens is 3. The normalized spacial score (nSPS) is 10.6. The van der Waals surface area contributed by atoms with Crippen molar-refractivity contribution in [2.45, 2.75) is 83.1 Å². The van der Waals surface area contributed by atoms with Crippen LogP contribution in [0.2, 0.25) is 0 Å². The third-order valence-electron chi connectivity index (χ3n) is 10.6. The number of aryl methyl sites for hydroxylation is 11. The van der Waals surface area contributed by atoms with Crippen molar-refractivity contribution in [1.29, 1.82) is 0 Å². The molecule has 0 radical (unpaired) electrons. The Balaban J connectivity index is 0.000000172. The van der Waals surface area contributed by atoms with E-state index >= 15 is 0 Å². The molecule has 0 fully saturated rings. The Labute approximate surface area is 308 Å². The predicted octanol–water partition coefficient (Wildman–Crippen LogP) is 10.2. The van der Waals surface area contributed by atoms with Gasteiger partial charge in [-0.1, -0.05) is 48.5 Å². The smallest absolute Gasteiger partial charge is 0.199 e. The van der Waals surface area contributed by atoms with Gasteiger partial charge in [-0.3, -0.25) is 0 Å². The van der Waals surface area contributed by atoms with Crippen LogP contribution in [0.1, 0.15) is 67.2 Å². The van der Waals surface area contributed by atoms with Crippen molar-refractivity contribution in [1.82, 2.24) is 0 Å². The Morgan fingerprint density at radius 2 is 0.745 bits per heavy atom. The molecule has 0 saturated heterocycles. The third-order valence-corrected chi connectivity index (χ3v) is 10.6. The van der Waals surface area contributed by atoms with Gasteiger partial charge in [0.25, 0.3) is 0 Å². The molecule has 3 heteroatoms. The van der Waals surface area contributed by atoms with Crippen LogP contribution < -0.4 is 13.7 Å². The van der Waals surface area contributed by atoms with Gasteiger partial charge in [-0.25, -0.2) is 0 Å². The summed E-state index contributed by atoms with van der Waals surface area (Å²) >= 11 is 0.